The van der Waals surface area contributed by atoms with Crippen LogP contribution >= 0.6 is 0 Å². The van der Waals surface area contributed by atoms with Crippen LogP contribution in [0, 0.1) is 0 Å². The van der Waals surface area contributed by atoms with Crippen molar-refractivity contribution >= 4 is 11.9 Å². The van der Waals surface area contributed by atoms with Crippen molar-refractivity contribution in [2.75, 3.05) is 6.54 Å². The lowest BCUT2D eigenvalue weighted by Gasteiger charge is -2.10. The molecule has 12 heavy (non-hydrogen) atoms. The predicted octanol–water partition coefficient (Wildman–Crippen LogP) is 2.61. The normalized spacial score (nSPS) is 19.8. The van der Waals surface area contributed by atoms with E-state index in [4.69, 9.17) is 0 Å². The number of hydrogen-bond donors (Lipinski definition) is 0. The minimum atomic E-state index is 0.996. The van der Waals surface area contributed by atoms with Gasteiger partial charge in [-0.3, -0.25) is 9.98 Å². The summed E-state index contributed by atoms with van der Waals surface area (Å²) >= 11 is 0. The Morgan fingerprint density at radius 1 is 1.50 bits per heavy atom. The first-order valence-corrected chi connectivity index (χ1v) is 4.53. The summed E-state index contributed by atoms with van der Waals surface area (Å²) in [4.78, 5) is 8.54. The number of aliphatic imine (C=N–C) groups is 2. The third kappa shape index (κ3) is 2.61. The molecule has 0 aromatic rings. The van der Waals surface area contributed by atoms with Gasteiger partial charge in [0.1, 0.15) is 0 Å². The Labute approximate surface area is 74.1 Å². The molecule has 0 unspecified atom stereocenters. The minimum Gasteiger partial charge on any atom is -0.289 e. The quantitative estimate of drug-likeness (QED) is 0.560. The van der Waals surface area contributed by atoms with E-state index < -0.39 is 0 Å². The maximum Gasteiger partial charge on any atom is 0.0392 e. The van der Waals surface area contributed by atoms with Crippen LogP contribution in [0.25, 0.3) is 0 Å². The molecule has 1 aliphatic rings. The van der Waals surface area contributed by atoms with Crippen LogP contribution in [-0.4, -0.2) is 18.5 Å². The van der Waals surface area contributed by atoms with Crippen LogP contribution in [0.1, 0.15) is 33.1 Å². The summed E-state index contributed by atoms with van der Waals surface area (Å²) in [6.45, 7) is 5.00. The highest BCUT2D eigenvalue weighted by Crippen LogP contribution is 2.11. The summed E-state index contributed by atoms with van der Waals surface area (Å²) in [7, 11) is 0. The minimum absolute atomic E-state index is 0.996. The Morgan fingerprint density at radius 2 is 2.33 bits per heavy atom. The summed E-state index contributed by atoms with van der Waals surface area (Å²) in [5, 5.41) is 0. The molecular formula is C10H16N2. The predicted molar refractivity (Wildman–Crippen MR) is 54.1 cm³/mol. The van der Waals surface area contributed by atoms with Crippen molar-refractivity contribution in [3.05, 3.63) is 11.8 Å². The monoisotopic (exact) mass is 164 g/mol. The molecule has 0 saturated carbocycles. The fourth-order valence-corrected chi connectivity index (χ4v) is 1.28. The van der Waals surface area contributed by atoms with Crippen LogP contribution in [0.4, 0.5) is 0 Å². The second-order valence-electron chi connectivity index (χ2n) is 3.00. The molecule has 0 amide bonds. The zero-order chi connectivity index (χ0) is 8.81. The summed E-state index contributed by atoms with van der Waals surface area (Å²) in [5.74, 6) is 0. The maximum atomic E-state index is 4.46. The van der Waals surface area contributed by atoms with Crippen LogP contribution in [0.2, 0.25) is 0 Å². The molecule has 0 aromatic carbocycles. The molecule has 0 spiro atoms. The lowest BCUT2D eigenvalue weighted by Crippen LogP contribution is -2.06. The van der Waals surface area contributed by atoms with Gasteiger partial charge >= 0.3 is 0 Å². The van der Waals surface area contributed by atoms with Gasteiger partial charge < -0.3 is 0 Å². The summed E-state index contributed by atoms with van der Waals surface area (Å²) in [6, 6.07) is 0. The van der Waals surface area contributed by atoms with Gasteiger partial charge in [0, 0.05) is 24.7 Å². The molecule has 1 heterocycles. The van der Waals surface area contributed by atoms with E-state index in [1.54, 1.807) is 6.21 Å². The number of hydrogen-bond acceptors (Lipinski definition) is 2. The van der Waals surface area contributed by atoms with E-state index >= 15 is 0 Å². The highest BCUT2D eigenvalue weighted by atomic mass is 14.8. The smallest absolute Gasteiger partial charge is 0.0392 e. The molecule has 0 fully saturated rings. The van der Waals surface area contributed by atoms with E-state index in [2.05, 4.69) is 16.9 Å². The van der Waals surface area contributed by atoms with Crippen LogP contribution in [0.15, 0.2) is 21.8 Å². The van der Waals surface area contributed by atoms with Crippen molar-refractivity contribution in [1.29, 1.82) is 0 Å². The molecule has 1 aliphatic heterocycles. The van der Waals surface area contributed by atoms with Gasteiger partial charge in [-0.15, -0.1) is 0 Å². The zero-order valence-electron chi connectivity index (χ0n) is 7.88. The van der Waals surface area contributed by atoms with Crippen LogP contribution in [0.5, 0.6) is 0 Å². The van der Waals surface area contributed by atoms with Gasteiger partial charge in [-0.05, 0) is 38.7 Å². The van der Waals surface area contributed by atoms with Crippen LogP contribution < -0.4 is 0 Å². The molecular weight excluding hydrogens is 148 g/mol. The molecule has 0 aliphatic carbocycles. The highest BCUT2D eigenvalue weighted by Gasteiger charge is 2.05. The molecule has 2 heteroatoms. The third-order valence-corrected chi connectivity index (χ3v) is 2.00. The van der Waals surface area contributed by atoms with E-state index in [0.717, 1.165) is 13.0 Å². The van der Waals surface area contributed by atoms with Gasteiger partial charge in [0.25, 0.3) is 0 Å². The topological polar surface area (TPSA) is 24.7 Å². The Hall–Kier alpha value is -0.920. The van der Waals surface area contributed by atoms with Crippen molar-refractivity contribution < 1.29 is 0 Å². The van der Waals surface area contributed by atoms with Gasteiger partial charge in [0.05, 0.1) is 0 Å². The molecule has 0 atom stereocenters. The first-order chi connectivity index (χ1) is 5.84. The van der Waals surface area contributed by atoms with Crippen molar-refractivity contribution in [2.24, 2.45) is 9.98 Å². The lowest BCUT2D eigenvalue weighted by molar-refractivity contribution is 0.737. The van der Waals surface area contributed by atoms with Crippen molar-refractivity contribution in [2.45, 2.75) is 33.1 Å². The average molecular weight is 164 g/mol. The largest absolute Gasteiger partial charge is 0.289 e. The standard InChI is InChI=1S/C10H16N2/c1-3-11-8-9(2)10-6-4-5-7-12-10/h3,8H,4-7H2,1-2H3/b9-8+,11-3?. The first kappa shape index (κ1) is 9.17. The van der Waals surface area contributed by atoms with E-state index in [-0.39, 0.29) is 0 Å². The fraction of sp³-hybridized carbons (Fsp3) is 0.600. The van der Waals surface area contributed by atoms with Crippen LogP contribution in [0.3, 0.4) is 0 Å². The molecule has 66 valence electrons. The summed E-state index contributed by atoms with van der Waals surface area (Å²) < 4.78 is 0. The molecule has 0 N–H and O–H groups in total. The van der Waals surface area contributed by atoms with Gasteiger partial charge in [0.2, 0.25) is 0 Å². The van der Waals surface area contributed by atoms with Gasteiger partial charge in [-0.25, -0.2) is 0 Å². The maximum absolute atomic E-state index is 4.46. The Balaban J connectivity index is 2.61. The molecule has 0 bridgehead atoms. The SMILES string of the molecule is CC=N/C=C(\C)C1=NCCCC1. The van der Waals surface area contributed by atoms with Gasteiger partial charge in [-0.2, -0.15) is 0 Å². The number of allylic oxidation sites excluding steroid dienone is 1. The third-order valence-electron chi connectivity index (χ3n) is 2.00. The summed E-state index contributed by atoms with van der Waals surface area (Å²) in [5.41, 5.74) is 2.46. The molecule has 0 aromatic heterocycles. The zero-order valence-corrected chi connectivity index (χ0v) is 7.88. The molecule has 0 saturated heterocycles. The van der Waals surface area contributed by atoms with E-state index in [1.165, 1.54) is 24.1 Å². The van der Waals surface area contributed by atoms with Crippen molar-refractivity contribution in [1.82, 2.24) is 0 Å². The van der Waals surface area contributed by atoms with Crippen molar-refractivity contribution in [3.63, 3.8) is 0 Å². The molecule has 1 rings (SSSR count). The highest BCUT2D eigenvalue weighted by molar-refractivity contribution is 5.99. The Kier molecular flexibility index (Phi) is 3.71. The Bertz CT molecular complexity index is 224. The van der Waals surface area contributed by atoms with E-state index in [1.807, 2.05) is 13.1 Å². The van der Waals surface area contributed by atoms with Gasteiger partial charge in [0.15, 0.2) is 0 Å². The lowest BCUT2D eigenvalue weighted by atomic mass is 10.0. The van der Waals surface area contributed by atoms with Gasteiger partial charge in [-0.1, -0.05) is 0 Å². The molecule has 0 radical (unpaired) electrons. The average Bonchev–Trinajstić information content (AvgIpc) is 2.15. The summed E-state index contributed by atoms with van der Waals surface area (Å²) in [6.07, 6.45) is 7.34. The second kappa shape index (κ2) is 4.86. The van der Waals surface area contributed by atoms with Crippen LogP contribution in [-0.2, 0) is 0 Å². The van der Waals surface area contributed by atoms with E-state index in [0.29, 0.717) is 0 Å². The molecule has 2 nitrogen and oxygen atoms in total. The number of nitrogens with zero attached hydrogens (tertiary/aromatic N) is 2. The second-order valence-corrected chi connectivity index (χ2v) is 3.00. The first-order valence-electron chi connectivity index (χ1n) is 4.53. The van der Waals surface area contributed by atoms with Crippen molar-refractivity contribution in [3.8, 4) is 0 Å². The number of rotatable bonds is 2. The van der Waals surface area contributed by atoms with E-state index in [9.17, 15) is 0 Å². The Morgan fingerprint density at radius 3 is 2.92 bits per heavy atom. The fourth-order valence-electron chi connectivity index (χ4n) is 1.28.